The normalized spacial score (nSPS) is 21.6. The lowest BCUT2D eigenvalue weighted by molar-refractivity contribution is -0.151. The molecule has 2 N–H and O–H groups in total. The second-order valence-corrected chi connectivity index (χ2v) is 7.47. The molecule has 2 atom stereocenters. The number of benzene rings is 1. The lowest BCUT2D eigenvalue weighted by Gasteiger charge is -2.29. The summed E-state index contributed by atoms with van der Waals surface area (Å²) in [5.74, 6) is 0.609. The van der Waals surface area contributed by atoms with E-state index < -0.39 is 6.29 Å². The Balaban J connectivity index is 1.48. The molecule has 2 unspecified atom stereocenters. The maximum Gasteiger partial charge on any atom is 0.286 e. The highest BCUT2D eigenvalue weighted by molar-refractivity contribution is 5.92. The molecule has 0 saturated heterocycles. The van der Waals surface area contributed by atoms with Crippen LogP contribution >= 0.6 is 0 Å². The number of amides is 1. The van der Waals surface area contributed by atoms with Crippen molar-refractivity contribution in [3.63, 3.8) is 0 Å². The molecule has 2 aliphatic rings. The molecule has 1 aliphatic heterocycles. The van der Waals surface area contributed by atoms with E-state index in [1.54, 1.807) is 6.26 Å². The van der Waals surface area contributed by atoms with Gasteiger partial charge in [0, 0.05) is 29.8 Å². The zero-order chi connectivity index (χ0) is 20.1. The van der Waals surface area contributed by atoms with Gasteiger partial charge in [-0.05, 0) is 30.9 Å². The standard InChI is InChI=1S/C22H27NO6/c24-7-8-26-9-10-27-21-12-16(18-14-28-19-4-2-1-3-17(18)19)11-20(29-21)22(25)23-13-15-5-6-15/h1-4,11,14-16,21,24H,5-10,12-13H2,(H,23,25). The van der Waals surface area contributed by atoms with Crippen molar-refractivity contribution in [3.05, 3.63) is 47.9 Å². The molecule has 2 aromatic rings. The number of carbonyl (C=O) groups excluding carboxylic acids is 1. The summed E-state index contributed by atoms with van der Waals surface area (Å²) in [5, 5.41) is 12.8. The number of nitrogens with one attached hydrogen (secondary N) is 1. The van der Waals surface area contributed by atoms with Gasteiger partial charge in [-0.2, -0.15) is 0 Å². The topological polar surface area (TPSA) is 90.2 Å². The van der Waals surface area contributed by atoms with Crippen molar-refractivity contribution < 1.29 is 28.5 Å². The minimum Gasteiger partial charge on any atom is -0.464 e. The number of aliphatic hydroxyl groups excluding tert-OH is 1. The van der Waals surface area contributed by atoms with Gasteiger partial charge in [0.05, 0.1) is 32.7 Å². The molecular formula is C22H27NO6. The fraction of sp³-hybridized carbons (Fsp3) is 0.500. The third-order valence-corrected chi connectivity index (χ3v) is 5.21. The van der Waals surface area contributed by atoms with Crippen LogP contribution in [0.1, 0.15) is 30.7 Å². The Bertz CT molecular complexity index is 856. The van der Waals surface area contributed by atoms with Crippen LogP contribution in [-0.2, 0) is 19.0 Å². The first kappa shape index (κ1) is 19.9. The van der Waals surface area contributed by atoms with Gasteiger partial charge in [-0.1, -0.05) is 18.2 Å². The summed E-state index contributed by atoms with van der Waals surface area (Å²) >= 11 is 0. The first-order valence-electron chi connectivity index (χ1n) is 10.2. The minimum atomic E-state index is -0.557. The minimum absolute atomic E-state index is 0.0242. The van der Waals surface area contributed by atoms with E-state index in [2.05, 4.69) is 5.32 Å². The summed E-state index contributed by atoms with van der Waals surface area (Å²) < 4.78 is 22.6. The van der Waals surface area contributed by atoms with Gasteiger partial charge in [0.2, 0.25) is 6.29 Å². The molecule has 1 amide bonds. The van der Waals surface area contributed by atoms with Gasteiger partial charge < -0.3 is 29.1 Å². The van der Waals surface area contributed by atoms with Gasteiger partial charge in [-0.3, -0.25) is 4.79 Å². The molecule has 1 aliphatic carbocycles. The second-order valence-electron chi connectivity index (χ2n) is 7.47. The Morgan fingerprint density at radius 2 is 2.07 bits per heavy atom. The lowest BCUT2D eigenvalue weighted by Crippen LogP contribution is -2.34. The summed E-state index contributed by atoms with van der Waals surface area (Å²) in [4.78, 5) is 12.6. The van der Waals surface area contributed by atoms with Gasteiger partial charge in [0.15, 0.2) is 5.76 Å². The van der Waals surface area contributed by atoms with Gasteiger partial charge in [-0.15, -0.1) is 0 Å². The zero-order valence-corrected chi connectivity index (χ0v) is 16.3. The van der Waals surface area contributed by atoms with Gasteiger partial charge >= 0.3 is 0 Å². The highest BCUT2D eigenvalue weighted by atomic mass is 16.7. The van der Waals surface area contributed by atoms with Gasteiger partial charge in [0.1, 0.15) is 5.58 Å². The lowest BCUT2D eigenvalue weighted by atomic mass is 9.92. The Morgan fingerprint density at radius 1 is 1.21 bits per heavy atom. The first-order valence-corrected chi connectivity index (χ1v) is 10.2. The van der Waals surface area contributed by atoms with Crippen LogP contribution in [0.3, 0.4) is 0 Å². The summed E-state index contributed by atoms with van der Waals surface area (Å²) in [6.07, 6.45) is 5.97. The molecule has 4 rings (SSSR count). The number of aliphatic hydroxyl groups is 1. The Kier molecular flexibility index (Phi) is 6.49. The Hall–Kier alpha value is -2.35. The average Bonchev–Trinajstić information content (AvgIpc) is 3.48. The van der Waals surface area contributed by atoms with Crippen LogP contribution in [-0.4, -0.2) is 50.3 Å². The number of rotatable bonds is 10. The molecule has 7 nitrogen and oxygen atoms in total. The summed E-state index contributed by atoms with van der Waals surface area (Å²) in [6, 6.07) is 7.85. The molecule has 156 valence electrons. The van der Waals surface area contributed by atoms with Crippen LogP contribution in [0.15, 0.2) is 46.8 Å². The number of furan rings is 1. The van der Waals surface area contributed by atoms with Gasteiger partial charge in [-0.25, -0.2) is 0 Å². The molecule has 29 heavy (non-hydrogen) atoms. The van der Waals surface area contributed by atoms with Crippen LogP contribution in [0.2, 0.25) is 0 Å². The van der Waals surface area contributed by atoms with E-state index in [-0.39, 0.29) is 30.8 Å². The van der Waals surface area contributed by atoms with Crippen molar-refractivity contribution >= 4 is 16.9 Å². The molecule has 0 radical (unpaired) electrons. The largest absolute Gasteiger partial charge is 0.464 e. The number of hydrogen-bond donors (Lipinski definition) is 2. The maximum absolute atomic E-state index is 12.6. The Morgan fingerprint density at radius 3 is 2.90 bits per heavy atom. The molecule has 1 saturated carbocycles. The summed E-state index contributed by atoms with van der Waals surface area (Å²) in [7, 11) is 0. The Labute approximate surface area is 169 Å². The first-order chi connectivity index (χ1) is 14.2. The number of hydrogen-bond acceptors (Lipinski definition) is 6. The molecule has 2 heterocycles. The van der Waals surface area contributed by atoms with Crippen molar-refractivity contribution in [1.82, 2.24) is 5.32 Å². The van der Waals surface area contributed by atoms with Crippen molar-refractivity contribution in [1.29, 1.82) is 0 Å². The van der Waals surface area contributed by atoms with Crippen LogP contribution in [0, 0.1) is 5.92 Å². The molecule has 7 heteroatoms. The van der Waals surface area contributed by atoms with E-state index in [9.17, 15) is 4.79 Å². The van der Waals surface area contributed by atoms with Crippen molar-refractivity contribution in [2.24, 2.45) is 5.92 Å². The van der Waals surface area contributed by atoms with Crippen LogP contribution in [0.5, 0.6) is 0 Å². The number of carbonyl (C=O) groups is 1. The van der Waals surface area contributed by atoms with E-state index in [1.165, 1.54) is 12.8 Å². The van der Waals surface area contributed by atoms with Crippen molar-refractivity contribution in [2.45, 2.75) is 31.5 Å². The van der Waals surface area contributed by atoms with E-state index in [0.717, 1.165) is 16.5 Å². The fourth-order valence-corrected chi connectivity index (χ4v) is 3.47. The predicted molar refractivity (Wildman–Crippen MR) is 106 cm³/mol. The molecule has 0 bridgehead atoms. The highest BCUT2D eigenvalue weighted by Crippen LogP contribution is 2.36. The monoisotopic (exact) mass is 401 g/mol. The average molecular weight is 401 g/mol. The summed E-state index contributed by atoms with van der Waals surface area (Å²) in [6.45, 7) is 1.60. The quantitative estimate of drug-likeness (QED) is 0.595. The maximum atomic E-state index is 12.6. The van der Waals surface area contributed by atoms with E-state index >= 15 is 0 Å². The van der Waals surface area contributed by atoms with Crippen LogP contribution < -0.4 is 5.32 Å². The number of ether oxygens (including phenoxy) is 3. The molecule has 1 aromatic carbocycles. The van der Waals surface area contributed by atoms with Gasteiger partial charge in [0.25, 0.3) is 5.91 Å². The smallest absolute Gasteiger partial charge is 0.286 e. The summed E-state index contributed by atoms with van der Waals surface area (Å²) in [5.41, 5.74) is 1.83. The van der Waals surface area contributed by atoms with Crippen LogP contribution in [0.4, 0.5) is 0 Å². The number of allylic oxidation sites excluding steroid dienone is 1. The zero-order valence-electron chi connectivity index (χ0n) is 16.3. The highest BCUT2D eigenvalue weighted by Gasteiger charge is 2.31. The molecule has 1 fully saturated rings. The van der Waals surface area contributed by atoms with Crippen LogP contribution in [0.25, 0.3) is 11.0 Å². The number of fused-ring (bicyclic) bond motifs is 1. The third kappa shape index (κ3) is 5.18. The van der Waals surface area contributed by atoms with E-state index in [0.29, 0.717) is 32.1 Å². The molecular weight excluding hydrogens is 374 g/mol. The molecule has 0 spiro atoms. The number of para-hydroxylation sites is 1. The predicted octanol–water partition coefficient (Wildman–Crippen LogP) is 2.70. The van der Waals surface area contributed by atoms with Crippen molar-refractivity contribution in [3.8, 4) is 0 Å². The SMILES string of the molecule is O=C(NCC1CC1)C1=CC(c2coc3ccccc23)CC(OCCOCCO)O1. The third-order valence-electron chi connectivity index (χ3n) is 5.21. The second kappa shape index (κ2) is 9.43. The molecule has 1 aromatic heterocycles. The van der Waals surface area contributed by atoms with Crippen molar-refractivity contribution in [2.75, 3.05) is 33.0 Å². The fourth-order valence-electron chi connectivity index (χ4n) is 3.47. The van der Waals surface area contributed by atoms with E-state index in [1.807, 2.05) is 30.3 Å². The van der Waals surface area contributed by atoms with E-state index in [4.69, 9.17) is 23.7 Å².